The zero-order valence-corrected chi connectivity index (χ0v) is 8.42. The van der Waals surface area contributed by atoms with E-state index >= 15 is 0 Å². The molecule has 0 atom stereocenters. The number of ether oxygens (including phenoxy) is 1. The van der Waals surface area contributed by atoms with Crippen molar-refractivity contribution >= 4 is 17.6 Å². The van der Waals surface area contributed by atoms with Crippen LogP contribution in [0.25, 0.3) is 0 Å². The number of aromatic carboxylic acids is 1. The van der Waals surface area contributed by atoms with Gasteiger partial charge in [0, 0.05) is 0 Å². The highest BCUT2D eigenvalue weighted by Gasteiger charge is 2.27. The van der Waals surface area contributed by atoms with Crippen molar-refractivity contribution in [3.8, 4) is 5.75 Å². The maximum Gasteiger partial charge on any atom is 0.339 e. The third kappa shape index (κ3) is 2.21. The minimum absolute atomic E-state index is 0.000648. The molecule has 0 amide bonds. The Morgan fingerprint density at radius 2 is 2.20 bits per heavy atom. The second kappa shape index (κ2) is 3.70. The highest BCUT2D eigenvalue weighted by atomic mass is 35.5. The number of hydrogen-bond acceptors (Lipinski definition) is 2. The van der Waals surface area contributed by atoms with E-state index in [1.807, 2.05) is 0 Å². The van der Waals surface area contributed by atoms with Gasteiger partial charge in [0.25, 0.3) is 0 Å². The van der Waals surface area contributed by atoms with Gasteiger partial charge in [0.15, 0.2) is 5.75 Å². The molecule has 1 fully saturated rings. The lowest BCUT2D eigenvalue weighted by atomic mass is 10.2. The van der Waals surface area contributed by atoms with Crippen molar-refractivity contribution in [2.75, 3.05) is 0 Å². The topological polar surface area (TPSA) is 46.5 Å². The van der Waals surface area contributed by atoms with Crippen molar-refractivity contribution < 1.29 is 19.0 Å². The molecule has 0 bridgehead atoms. The maximum atomic E-state index is 12.9. The number of rotatable bonds is 3. The Kier molecular flexibility index (Phi) is 2.52. The Bertz CT molecular complexity index is 415. The molecule has 80 valence electrons. The molecule has 1 aliphatic carbocycles. The van der Waals surface area contributed by atoms with Gasteiger partial charge in [-0.05, 0) is 25.0 Å². The number of carboxylic acid groups (broad SMARTS) is 1. The van der Waals surface area contributed by atoms with Gasteiger partial charge >= 0.3 is 5.97 Å². The van der Waals surface area contributed by atoms with E-state index in [1.54, 1.807) is 0 Å². The average Bonchev–Trinajstić information content (AvgIpc) is 2.92. The minimum Gasteiger partial charge on any atom is -0.488 e. The third-order valence-electron chi connectivity index (χ3n) is 2.05. The van der Waals surface area contributed by atoms with E-state index < -0.39 is 11.8 Å². The fourth-order valence-electron chi connectivity index (χ4n) is 1.19. The normalized spacial score (nSPS) is 15.1. The van der Waals surface area contributed by atoms with Crippen LogP contribution in [-0.4, -0.2) is 17.2 Å². The number of hydrogen-bond donors (Lipinski definition) is 1. The van der Waals surface area contributed by atoms with Gasteiger partial charge in [0.05, 0.1) is 11.1 Å². The molecule has 1 saturated carbocycles. The van der Waals surface area contributed by atoms with E-state index in [4.69, 9.17) is 21.4 Å². The summed E-state index contributed by atoms with van der Waals surface area (Å²) in [6.45, 7) is 0. The second-order valence-electron chi connectivity index (χ2n) is 3.39. The van der Waals surface area contributed by atoms with Crippen LogP contribution < -0.4 is 4.74 Å². The molecule has 0 saturated heterocycles. The van der Waals surface area contributed by atoms with E-state index in [1.165, 1.54) is 0 Å². The van der Waals surface area contributed by atoms with Gasteiger partial charge in [-0.15, -0.1) is 0 Å². The van der Waals surface area contributed by atoms with Crippen LogP contribution >= 0.6 is 11.6 Å². The molecule has 1 aromatic carbocycles. The van der Waals surface area contributed by atoms with E-state index in [2.05, 4.69) is 0 Å². The number of carbonyl (C=O) groups is 1. The molecule has 0 aromatic heterocycles. The molecule has 15 heavy (non-hydrogen) atoms. The summed E-state index contributed by atoms with van der Waals surface area (Å²) in [7, 11) is 0. The molecule has 1 aliphatic rings. The van der Waals surface area contributed by atoms with Gasteiger partial charge in [0.1, 0.15) is 11.4 Å². The van der Waals surface area contributed by atoms with Gasteiger partial charge in [-0.1, -0.05) is 11.6 Å². The Morgan fingerprint density at radius 1 is 1.53 bits per heavy atom. The minimum atomic E-state index is -1.24. The fourth-order valence-corrected chi connectivity index (χ4v) is 1.44. The van der Waals surface area contributed by atoms with Crippen LogP contribution in [0.5, 0.6) is 5.75 Å². The smallest absolute Gasteiger partial charge is 0.339 e. The predicted molar refractivity (Wildman–Crippen MR) is 52.0 cm³/mol. The summed E-state index contributed by atoms with van der Waals surface area (Å²) in [6.07, 6.45) is 1.78. The van der Waals surface area contributed by atoms with Gasteiger partial charge in [-0.2, -0.15) is 0 Å². The lowest BCUT2D eigenvalue weighted by Gasteiger charge is -2.09. The third-order valence-corrected chi connectivity index (χ3v) is 2.33. The summed E-state index contributed by atoms with van der Waals surface area (Å²) in [6, 6.07) is 1.96. The highest BCUT2D eigenvalue weighted by molar-refractivity contribution is 6.32. The van der Waals surface area contributed by atoms with Crippen molar-refractivity contribution in [2.24, 2.45) is 0 Å². The van der Waals surface area contributed by atoms with Crippen LogP contribution in [-0.2, 0) is 0 Å². The molecule has 1 aromatic rings. The summed E-state index contributed by atoms with van der Waals surface area (Å²) < 4.78 is 18.2. The lowest BCUT2D eigenvalue weighted by molar-refractivity contribution is 0.0691. The van der Waals surface area contributed by atoms with Crippen LogP contribution in [0, 0.1) is 5.82 Å². The molecule has 0 spiro atoms. The molecular formula is C10H8ClFO3. The van der Waals surface area contributed by atoms with Gasteiger partial charge in [-0.3, -0.25) is 0 Å². The first-order valence-electron chi connectivity index (χ1n) is 4.47. The summed E-state index contributed by atoms with van der Waals surface area (Å²) in [5, 5.41) is 8.84. The van der Waals surface area contributed by atoms with E-state index in [0.717, 1.165) is 25.0 Å². The molecule has 1 N–H and O–H groups in total. The second-order valence-corrected chi connectivity index (χ2v) is 3.79. The fraction of sp³-hybridized carbons (Fsp3) is 0.300. The molecular weight excluding hydrogens is 223 g/mol. The summed E-state index contributed by atoms with van der Waals surface area (Å²) >= 11 is 5.72. The van der Waals surface area contributed by atoms with Gasteiger partial charge < -0.3 is 9.84 Å². The Balaban J connectivity index is 2.42. The largest absolute Gasteiger partial charge is 0.488 e. The SMILES string of the molecule is O=C(O)c1cc(F)cc(Cl)c1OC1CC1. The molecule has 5 heteroatoms. The number of benzene rings is 1. The zero-order chi connectivity index (χ0) is 11.0. The Morgan fingerprint density at radius 3 is 2.73 bits per heavy atom. The monoisotopic (exact) mass is 230 g/mol. The highest BCUT2D eigenvalue weighted by Crippen LogP contribution is 2.35. The van der Waals surface area contributed by atoms with Crippen molar-refractivity contribution in [1.82, 2.24) is 0 Å². The van der Waals surface area contributed by atoms with E-state index in [-0.39, 0.29) is 22.4 Å². The first-order chi connectivity index (χ1) is 7.08. The van der Waals surface area contributed by atoms with Crippen LogP contribution in [0.3, 0.4) is 0 Å². The molecule has 0 aliphatic heterocycles. The van der Waals surface area contributed by atoms with Crippen molar-refractivity contribution in [3.05, 3.63) is 28.5 Å². The van der Waals surface area contributed by atoms with Crippen molar-refractivity contribution in [2.45, 2.75) is 18.9 Å². The lowest BCUT2D eigenvalue weighted by Crippen LogP contribution is -2.05. The number of halogens is 2. The Labute approximate surface area is 90.4 Å². The van der Waals surface area contributed by atoms with Gasteiger partial charge in [0.2, 0.25) is 0 Å². The average molecular weight is 231 g/mol. The standard InChI is InChI=1S/C10H8ClFO3/c11-8-4-5(12)3-7(10(13)14)9(8)15-6-1-2-6/h3-4,6H,1-2H2,(H,13,14). The summed E-state index contributed by atoms with van der Waals surface area (Å²) in [4.78, 5) is 10.8. The van der Waals surface area contributed by atoms with Crippen LogP contribution in [0.1, 0.15) is 23.2 Å². The van der Waals surface area contributed by atoms with Crippen molar-refractivity contribution in [3.63, 3.8) is 0 Å². The van der Waals surface area contributed by atoms with Gasteiger partial charge in [-0.25, -0.2) is 9.18 Å². The van der Waals surface area contributed by atoms with E-state index in [9.17, 15) is 9.18 Å². The molecule has 2 rings (SSSR count). The molecule has 3 nitrogen and oxygen atoms in total. The summed E-state index contributed by atoms with van der Waals surface area (Å²) in [5.41, 5.74) is -0.230. The quantitative estimate of drug-likeness (QED) is 0.869. The van der Waals surface area contributed by atoms with E-state index in [0.29, 0.717) is 0 Å². The predicted octanol–water partition coefficient (Wildman–Crippen LogP) is 2.72. The van der Waals surface area contributed by atoms with Crippen LogP contribution in [0.2, 0.25) is 5.02 Å². The van der Waals surface area contributed by atoms with Crippen LogP contribution in [0.4, 0.5) is 4.39 Å². The molecule has 0 heterocycles. The molecule has 0 unspecified atom stereocenters. The zero-order valence-electron chi connectivity index (χ0n) is 7.67. The van der Waals surface area contributed by atoms with Crippen molar-refractivity contribution in [1.29, 1.82) is 0 Å². The summed E-state index contributed by atoms with van der Waals surface area (Å²) in [5.74, 6) is -1.86. The number of carboxylic acids is 1. The molecule has 0 radical (unpaired) electrons. The van der Waals surface area contributed by atoms with Crippen LogP contribution in [0.15, 0.2) is 12.1 Å². The maximum absolute atomic E-state index is 12.9. The first kappa shape index (κ1) is 10.2. The first-order valence-corrected chi connectivity index (χ1v) is 4.84. The Hall–Kier alpha value is -1.29.